The van der Waals surface area contributed by atoms with Gasteiger partial charge in [-0.2, -0.15) is 0 Å². The number of para-hydroxylation sites is 2. The summed E-state index contributed by atoms with van der Waals surface area (Å²) in [5, 5.41) is 7.78. The van der Waals surface area contributed by atoms with Gasteiger partial charge in [0.05, 0.1) is 0 Å². The van der Waals surface area contributed by atoms with Crippen LogP contribution in [0.15, 0.2) is 60.7 Å². The van der Waals surface area contributed by atoms with Crippen molar-refractivity contribution in [2.45, 2.75) is 39.3 Å². The van der Waals surface area contributed by atoms with Crippen molar-refractivity contribution < 1.29 is 17.1 Å². The van der Waals surface area contributed by atoms with Gasteiger partial charge in [-0.3, -0.25) is 0 Å². The Kier molecular flexibility index (Phi) is 11.9. The molecule has 6 heteroatoms. The molecule has 0 bridgehead atoms. The number of anilines is 1. The van der Waals surface area contributed by atoms with Crippen LogP contribution in [0.3, 0.4) is 0 Å². The van der Waals surface area contributed by atoms with Gasteiger partial charge in [-0.1, -0.05) is 104 Å². The van der Waals surface area contributed by atoms with Crippen LogP contribution in [-0.4, -0.2) is 29.6 Å². The van der Waals surface area contributed by atoms with Gasteiger partial charge < -0.3 is 15.3 Å². The molecule has 1 N–H and O–H groups in total. The summed E-state index contributed by atoms with van der Waals surface area (Å²) in [6.45, 7) is 15.4. The van der Waals surface area contributed by atoms with Gasteiger partial charge in [0, 0.05) is 5.69 Å². The third-order valence-corrected chi connectivity index (χ3v) is 8.30. The third kappa shape index (κ3) is 14.2. The maximum Gasteiger partial charge on any atom is 3.00 e. The van der Waals surface area contributed by atoms with Gasteiger partial charge in [0.25, 0.3) is 0 Å². The van der Waals surface area contributed by atoms with Gasteiger partial charge in [0.2, 0.25) is 0 Å². The van der Waals surface area contributed by atoms with Crippen LogP contribution in [0.2, 0.25) is 39.3 Å². The molecule has 26 heavy (non-hydrogen) atoms. The van der Waals surface area contributed by atoms with Crippen molar-refractivity contribution in [2.24, 2.45) is 0 Å². The van der Waals surface area contributed by atoms with Crippen LogP contribution in [0.1, 0.15) is 0 Å². The Morgan fingerprint density at radius 1 is 0.731 bits per heavy atom. The molecule has 0 saturated heterocycles. The summed E-state index contributed by atoms with van der Waals surface area (Å²) >= 11 is 0. The van der Waals surface area contributed by atoms with E-state index in [1.807, 2.05) is 48.5 Å². The van der Waals surface area contributed by atoms with E-state index in [1.54, 1.807) is 0 Å². The Morgan fingerprint density at radius 3 is 1.62 bits per heavy atom. The number of nitrogens with zero attached hydrogens (tertiary/aromatic N) is 2. The molecule has 0 spiro atoms. The second-order valence-electron chi connectivity index (χ2n) is 7.96. The van der Waals surface area contributed by atoms with Gasteiger partial charge in [-0.15, -0.1) is 12.2 Å². The molecule has 2 aromatic carbocycles. The summed E-state index contributed by atoms with van der Waals surface area (Å²) in [4.78, 5) is 0. The van der Waals surface area contributed by atoms with Crippen LogP contribution in [0.25, 0.3) is 9.96 Å². The first-order valence-corrected chi connectivity index (χ1v) is 15.8. The topological polar surface area (TPSA) is 40.2 Å². The molecule has 0 saturated carbocycles. The number of hydrogen-bond donors (Lipinski definition) is 1. The SMILES string of the molecule is C[Si](C)(C)[N-][Si](C)(C)C.[Fe+3].c1ccc([N-]CCNc2ccccc2)cc1. The van der Waals surface area contributed by atoms with Crippen LogP contribution in [0, 0.1) is 0 Å². The average molecular weight is 428 g/mol. The molecule has 0 unspecified atom stereocenters. The maximum absolute atomic E-state index is 4.82. The van der Waals surface area contributed by atoms with Crippen molar-refractivity contribution in [3.8, 4) is 0 Å². The molecule has 0 aromatic heterocycles. The molecule has 0 aliphatic rings. The minimum Gasteiger partial charge on any atom is -0.683 e. The van der Waals surface area contributed by atoms with E-state index in [1.165, 1.54) is 0 Å². The van der Waals surface area contributed by atoms with Crippen molar-refractivity contribution in [2.75, 3.05) is 18.4 Å². The van der Waals surface area contributed by atoms with Gasteiger partial charge in [-0.25, -0.2) is 0 Å². The van der Waals surface area contributed by atoms with E-state index in [0.29, 0.717) is 0 Å². The fourth-order valence-corrected chi connectivity index (χ4v) is 10.5. The quantitative estimate of drug-likeness (QED) is 0.382. The van der Waals surface area contributed by atoms with Crippen LogP contribution in [-0.2, 0) is 17.1 Å². The normalized spacial score (nSPS) is 10.8. The van der Waals surface area contributed by atoms with Crippen LogP contribution < -0.4 is 5.32 Å². The molecule has 0 atom stereocenters. The molecule has 2 aromatic rings. The number of hydrogen-bond acceptors (Lipinski definition) is 1. The van der Waals surface area contributed by atoms with Crippen molar-refractivity contribution in [1.29, 1.82) is 0 Å². The fourth-order valence-electron chi connectivity index (χ4n) is 2.48. The predicted octanol–water partition coefficient (Wildman–Crippen LogP) is 6.83. The molecule has 3 nitrogen and oxygen atoms in total. The zero-order chi connectivity index (χ0) is 18.8. The first-order valence-electron chi connectivity index (χ1n) is 8.91. The predicted molar refractivity (Wildman–Crippen MR) is 119 cm³/mol. The summed E-state index contributed by atoms with van der Waals surface area (Å²) in [7, 11) is -2.21. The standard InChI is InChI=1S/C14H15N2.C6H18NSi2.Fe/c1-3-7-13(8-4-1)15-11-12-16-14-9-5-2-6-10-14;1-8(2,3)7-9(4,5)6;/h1-10,15H,11-12H2;1-6H3;/q2*-1;+3. The maximum atomic E-state index is 4.82. The minimum atomic E-state index is -1.11. The first kappa shape index (κ1) is 25.0. The average Bonchev–Trinajstić information content (AvgIpc) is 2.51. The molecule has 1 radical (unpaired) electrons. The van der Waals surface area contributed by atoms with Crippen molar-refractivity contribution in [3.63, 3.8) is 0 Å². The Balaban J connectivity index is 0.000000543. The van der Waals surface area contributed by atoms with Gasteiger partial charge in [-0.05, 0) is 18.7 Å². The molecular weight excluding hydrogens is 394 g/mol. The zero-order valence-electron chi connectivity index (χ0n) is 16.9. The summed E-state index contributed by atoms with van der Waals surface area (Å²) in [6, 6.07) is 20.2. The smallest absolute Gasteiger partial charge is 0.683 e. The van der Waals surface area contributed by atoms with E-state index in [0.717, 1.165) is 24.5 Å². The van der Waals surface area contributed by atoms with Crippen LogP contribution in [0.5, 0.6) is 0 Å². The molecule has 0 fully saturated rings. The van der Waals surface area contributed by atoms with Crippen molar-refractivity contribution in [1.82, 2.24) is 0 Å². The minimum absolute atomic E-state index is 0. The van der Waals surface area contributed by atoms with Gasteiger partial charge in [0.1, 0.15) is 0 Å². The summed E-state index contributed by atoms with van der Waals surface area (Å²) in [6.07, 6.45) is 0. The second-order valence-corrected chi connectivity index (χ2v) is 17.5. The molecule has 143 valence electrons. The number of rotatable bonds is 7. The molecule has 2 rings (SSSR count). The summed E-state index contributed by atoms with van der Waals surface area (Å²) in [5.74, 6) is 0. The Labute approximate surface area is 173 Å². The monoisotopic (exact) mass is 427 g/mol. The Morgan fingerprint density at radius 2 is 1.19 bits per heavy atom. The van der Waals surface area contributed by atoms with E-state index >= 15 is 0 Å². The Bertz CT molecular complexity index is 528. The van der Waals surface area contributed by atoms with Gasteiger partial charge >= 0.3 is 17.1 Å². The fraction of sp³-hybridized carbons (Fsp3) is 0.400. The van der Waals surface area contributed by atoms with E-state index in [-0.39, 0.29) is 17.1 Å². The number of nitrogens with one attached hydrogen (secondary N) is 1. The summed E-state index contributed by atoms with van der Waals surface area (Å²) in [5.41, 5.74) is 2.18. The largest absolute Gasteiger partial charge is 3.00 e. The van der Waals surface area contributed by atoms with Crippen molar-refractivity contribution in [3.05, 3.63) is 70.6 Å². The number of benzene rings is 2. The third-order valence-electron chi connectivity index (χ3n) is 2.94. The van der Waals surface area contributed by atoms with Crippen LogP contribution >= 0.6 is 0 Å². The summed E-state index contributed by atoms with van der Waals surface area (Å²) < 4.78 is 4.82. The molecular formula is C20H33FeN3Si2+. The van der Waals surface area contributed by atoms with Gasteiger partial charge in [0.15, 0.2) is 0 Å². The Hall–Kier alpha value is -1.05. The molecule has 0 aliphatic carbocycles. The van der Waals surface area contributed by atoms with E-state index in [4.69, 9.17) is 4.65 Å². The molecule has 0 amide bonds. The zero-order valence-corrected chi connectivity index (χ0v) is 20.0. The van der Waals surface area contributed by atoms with E-state index in [2.05, 4.69) is 62.0 Å². The van der Waals surface area contributed by atoms with Crippen molar-refractivity contribution >= 4 is 27.8 Å². The van der Waals surface area contributed by atoms with E-state index in [9.17, 15) is 0 Å². The van der Waals surface area contributed by atoms with E-state index < -0.39 is 16.5 Å². The second kappa shape index (κ2) is 12.4. The first-order chi connectivity index (χ1) is 11.7. The van der Waals surface area contributed by atoms with Crippen LogP contribution in [0.4, 0.5) is 11.4 Å². The molecule has 0 aliphatic heterocycles. The molecule has 0 heterocycles.